The number of oxime groups is 1. The lowest BCUT2D eigenvalue weighted by Crippen LogP contribution is -2.06. The Balaban J connectivity index is 3.11. The maximum Gasteiger partial charge on any atom is 0.355 e. The third kappa shape index (κ3) is 2.18. The molecule has 0 amide bonds. The SMILES string of the molecule is CCOC(=O)c1[nH]c(C)c(/C=N/O)c1C. The Labute approximate surface area is 87.7 Å². The average molecular weight is 210 g/mol. The summed E-state index contributed by atoms with van der Waals surface area (Å²) in [4.78, 5) is 14.4. The van der Waals surface area contributed by atoms with Crippen LogP contribution in [0.15, 0.2) is 5.16 Å². The minimum Gasteiger partial charge on any atom is -0.461 e. The topological polar surface area (TPSA) is 74.7 Å². The standard InChI is InChI=1S/C10H14N2O3/c1-4-15-10(13)9-6(2)8(5-11-14)7(3)12-9/h5,12,14H,4H2,1-3H3/b11-5+. The van der Waals surface area contributed by atoms with Crippen molar-refractivity contribution in [3.05, 3.63) is 22.5 Å². The Morgan fingerprint density at radius 1 is 1.60 bits per heavy atom. The number of carbonyl (C=O) groups is 1. The normalized spacial score (nSPS) is 10.9. The van der Waals surface area contributed by atoms with Crippen LogP contribution in [0.1, 0.15) is 34.2 Å². The lowest BCUT2D eigenvalue weighted by molar-refractivity contribution is 0.0519. The number of rotatable bonds is 3. The van der Waals surface area contributed by atoms with Crippen molar-refractivity contribution in [2.24, 2.45) is 5.16 Å². The van der Waals surface area contributed by atoms with Gasteiger partial charge in [-0.25, -0.2) is 4.79 Å². The Kier molecular flexibility index (Phi) is 3.49. The Morgan fingerprint density at radius 2 is 2.27 bits per heavy atom. The first-order chi connectivity index (χ1) is 7.11. The largest absolute Gasteiger partial charge is 0.461 e. The third-order valence-corrected chi connectivity index (χ3v) is 2.16. The molecule has 1 rings (SSSR count). The molecule has 82 valence electrons. The molecule has 0 bridgehead atoms. The zero-order chi connectivity index (χ0) is 11.4. The molecular weight excluding hydrogens is 196 g/mol. The zero-order valence-electron chi connectivity index (χ0n) is 9.00. The van der Waals surface area contributed by atoms with E-state index in [-0.39, 0.29) is 0 Å². The number of aromatic nitrogens is 1. The van der Waals surface area contributed by atoms with Crippen molar-refractivity contribution >= 4 is 12.2 Å². The van der Waals surface area contributed by atoms with Crippen molar-refractivity contribution in [2.75, 3.05) is 6.61 Å². The number of H-pyrrole nitrogens is 1. The molecule has 5 heteroatoms. The highest BCUT2D eigenvalue weighted by atomic mass is 16.5. The van der Waals surface area contributed by atoms with E-state index in [1.165, 1.54) is 6.21 Å². The van der Waals surface area contributed by atoms with E-state index in [9.17, 15) is 4.79 Å². The van der Waals surface area contributed by atoms with Crippen LogP contribution >= 0.6 is 0 Å². The fourth-order valence-electron chi connectivity index (χ4n) is 1.42. The van der Waals surface area contributed by atoms with Gasteiger partial charge in [-0.05, 0) is 26.3 Å². The highest BCUT2D eigenvalue weighted by molar-refractivity contribution is 5.94. The summed E-state index contributed by atoms with van der Waals surface area (Å²) in [7, 11) is 0. The molecule has 2 N–H and O–H groups in total. The zero-order valence-corrected chi connectivity index (χ0v) is 9.00. The van der Waals surface area contributed by atoms with Crippen molar-refractivity contribution in [3.8, 4) is 0 Å². The van der Waals surface area contributed by atoms with Crippen molar-refractivity contribution in [1.29, 1.82) is 0 Å². The van der Waals surface area contributed by atoms with Gasteiger partial charge in [0.15, 0.2) is 0 Å². The molecule has 0 saturated carbocycles. The van der Waals surface area contributed by atoms with Gasteiger partial charge in [0.25, 0.3) is 0 Å². The summed E-state index contributed by atoms with van der Waals surface area (Å²) in [5, 5.41) is 11.4. The molecule has 0 fully saturated rings. The van der Waals surface area contributed by atoms with Crippen LogP contribution in [0.3, 0.4) is 0 Å². The van der Waals surface area contributed by atoms with E-state index in [2.05, 4.69) is 10.1 Å². The van der Waals surface area contributed by atoms with E-state index in [1.54, 1.807) is 20.8 Å². The quantitative estimate of drug-likeness (QED) is 0.344. The van der Waals surface area contributed by atoms with Gasteiger partial charge in [0, 0.05) is 11.3 Å². The lowest BCUT2D eigenvalue weighted by Gasteiger charge is -1.99. The van der Waals surface area contributed by atoms with Gasteiger partial charge in [-0.3, -0.25) is 0 Å². The number of carbonyl (C=O) groups excluding carboxylic acids is 1. The van der Waals surface area contributed by atoms with Crippen LogP contribution in [-0.4, -0.2) is 29.0 Å². The third-order valence-electron chi connectivity index (χ3n) is 2.16. The molecule has 1 aromatic rings. The van der Waals surface area contributed by atoms with E-state index in [0.717, 1.165) is 11.3 Å². The minimum absolute atomic E-state index is 0.333. The molecule has 0 aliphatic heterocycles. The van der Waals surface area contributed by atoms with Crippen LogP contribution in [0.2, 0.25) is 0 Å². The number of hydrogen-bond donors (Lipinski definition) is 2. The number of aromatic amines is 1. The fourth-order valence-corrected chi connectivity index (χ4v) is 1.42. The predicted octanol–water partition coefficient (Wildman–Crippen LogP) is 1.62. The first-order valence-electron chi connectivity index (χ1n) is 4.65. The number of nitrogens with one attached hydrogen (secondary N) is 1. The van der Waals surface area contributed by atoms with Gasteiger partial charge in [0.05, 0.1) is 12.8 Å². The monoisotopic (exact) mass is 210 g/mol. The minimum atomic E-state index is -0.393. The van der Waals surface area contributed by atoms with Crippen LogP contribution in [-0.2, 0) is 4.74 Å². The van der Waals surface area contributed by atoms with Crippen LogP contribution < -0.4 is 0 Å². The average Bonchev–Trinajstić information content (AvgIpc) is 2.47. The summed E-state index contributed by atoms with van der Waals surface area (Å²) in [6.07, 6.45) is 1.30. The van der Waals surface area contributed by atoms with Gasteiger partial charge in [0.1, 0.15) is 5.69 Å². The van der Waals surface area contributed by atoms with Crippen LogP contribution in [0.25, 0.3) is 0 Å². The summed E-state index contributed by atoms with van der Waals surface area (Å²) < 4.78 is 4.88. The van der Waals surface area contributed by atoms with Gasteiger partial charge in [-0.15, -0.1) is 0 Å². The summed E-state index contributed by atoms with van der Waals surface area (Å²) in [6, 6.07) is 0. The van der Waals surface area contributed by atoms with Crippen molar-refractivity contribution < 1.29 is 14.7 Å². The highest BCUT2D eigenvalue weighted by Gasteiger charge is 2.16. The molecule has 15 heavy (non-hydrogen) atoms. The Morgan fingerprint density at radius 3 is 2.80 bits per heavy atom. The predicted molar refractivity (Wildman–Crippen MR) is 55.6 cm³/mol. The second kappa shape index (κ2) is 4.63. The van der Waals surface area contributed by atoms with Gasteiger partial charge < -0.3 is 14.9 Å². The van der Waals surface area contributed by atoms with E-state index < -0.39 is 5.97 Å². The molecule has 0 aromatic carbocycles. The number of nitrogens with zero attached hydrogens (tertiary/aromatic N) is 1. The summed E-state index contributed by atoms with van der Waals surface area (Å²) in [6.45, 7) is 5.65. The molecule has 0 atom stereocenters. The smallest absolute Gasteiger partial charge is 0.355 e. The summed E-state index contributed by atoms with van der Waals surface area (Å²) in [5.74, 6) is -0.393. The number of ether oxygens (including phenoxy) is 1. The number of hydrogen-bond acceptors (Lipinski definition) is 4. The molecule has 0 radical (unpaired) electrons. The van der Waals surface area contributed by atoms with Crippen LogP contribution in [0, 0.1) is 13.8 Å². The molecule has 0 saturated heterocycles. The molecular formula is C10H14N2O3. The van der Waals surface area contributed by atoms with Crippen LogP contribution in [0.5, 0.6) is 0 Å². The van der Waals surface area contributed by atoms with E-state index in [0.29, 0.717) is 17.9 Å². The summed E-state index contributed by atoms with van der Waals surface area (Å²) >= 11 is 0. The lowest BCUT2D eigenvalue weighted by atomic mass is 10.1. The first-order valence-corrected chi connectivity index (χ1v) is 4.65. The van der Waals surface area contributed by atoms with E-state index in [1.807, 2.05) is 0 Å². The molecule has 0 aliphatic rings. The van der Waals surface area contributed by atoms with Gasteiger partial charge in [-0.2, -0.15) is 0 Å². The van der Waals surface area contributed by atoms with Crippen molar-refractivity contribution in [1.82, 2.24) is 4.98 Å². The Bertz CT molecular complexity index is 394. The number of esters is 1. The van der Waals surface area contributed by atoms with Crippen molar-refractivity contribution in [2.45, 2.75) is 20.8 Å². The molecule has 1 aromatic heterocycles. The van der Waals surface area contributed by atoms with Crippen molar-refractivity contribution in [3.63, 3.8) is 0 Å². The van der Waals surface area contributed by atoms with Gasteiger partial charge in [-0.1, -0.05) is 5.16 Å². The first kappa shape index (κ1) is 11.3. The molecule has 1 heterocycles. The number of aryl methyl sites for hydroxylation is 1. The fraction of sp³-hybridized carbons (Fsp3) is 0.400. The molecule has 5 nitrogen and oxygen atoms in total. The maximum absolute atomic E-state index is 11.5. The molecule has 0 unspecified atom stereocenters. The maximum atomic E-state index is 11.5. The van der Waals surface area contributed by atoms with Gasteiger partial charge in [0.2, 0.25) is 0 Å². The summed E-state index contributed by atoms with van der Waals surface area (Å²) in [5.41, 5.74) is 2.61. The second-order valence-corrected chi connectivity index (χ2v) is 3.13. The Hall–Kier alpha value is -1.78. The van der Waals surface area contributed by atoms with Crippen LogP contribution in [0.4, 0.5) is 0 Å². The molecule has 0 spiro atoms. The van der Waals surface area contributed by atoms with Gasteiger partial charge >= 0.3 is 5.97 Å². The second-order valence-electron chi connectivity index (χ2n) is 3.13. The highest BCUT2D eigenvalue weighted by Crippen LogP contribution is 2.16. The van der Waals surface area contributed by atoms with E-state index >= 15 is 0 Å². The van der Waals surface area contributed by atoms with E-state index in [4.69, 9.17) is 9.94 Å². The molecule has 0 aliphatic carbocycles.